The van der Waals surface area contributed by atoms with Crippen LogP contribution in [-0.2, 0) is 0 Å². The summed E-state index contributed by atoms with van der Waals surface area (Å²) in [5.41, 5.74) is 12.7. The first-order valence-corrected chi connectivity index (χ1v) is 14.6. The van der Waals surface area contributed by atoms with Crippen molar-refractivity contribution < 1.29 is 4.42 Å². The first-order chi connectivity index (χ1) is 21.3. The Morgan fingerprint density at radius 3 is 1.23 bits per heavy atom. The van der Waals surface area contributed by atoms with Crippen LogP contribution in [0.15, 0.2) is 168 Å². The molecule has 8 aromatic rings. The smallest absolute Gasteiger partial charge is 0.143 e. The summed E-state index contributed by atoms with van der Waals surface area (Å²) in [6.45, 7) is 0. The Bertz CT molecular complexity index is 2140. The molecule has 8 rings (SSSR count). The molecule has 0 fully saturated rings. The number of hydrogen-bond acceptors (Lipinski definition) is 2. The molecule has 2 heterocycles. The van der Waals surface area contributed by atoms with E-state index >= 15 is 0 Å². The Balaban J connectivity index is 1.23. The normalized spacial score (nSPS) is 11.3. The van der Waals surface area contributed by atoms with E-state index in [9.17, 15) is 0 Å². The topological polar surface area (TPSA) is 26.0 Å². The molecule has 0 N–H and O–H groups in total. The molecule has 2 heteroatoms. The van der Waals surface area contributed by atoms with Crippen LogP contribution in [0.25, 0.3) is 77.8 Å². The zero-order valence-corrected chi connectivity index (χ0v) is 23.4. The third kappa shape index (κ3) is 4.60. The van der Waals surface area contributed by atoms with E-state index in [0.29, 0.717) is 0 Å². The van der Waals surface area contributed by atoms with Crippen molar-refractivity contribution in [1.29, 1.82) is 0 Å². The SMILES string of the molecule is c1ccc(-c2cc(-c3ccc(-c4cccc5c4oc4c(-c6ccccc6)cccc45)cc3)cc(-c3ccccc3)n2)cc1. The number of nitrogens with zero attached hydrogens (tertiary/aromatic N) is 1. The lowest BCUT2D eigenvalue weighted by Gasteiger charge is -2.11. The molecule has 2 nitrogen and oxygen atoms in total. The van der Waals surface area contributed by atoms with Crippen molar-refractivity contribution in [3.63, 3.8) is 0 Å². The molecule has 0 radical (unpaired) electrons. The minimum Gasteiger partial charge on any atom is -0.455 e. The first-order valence-electron chi connectivity index (χ1n) is 14.6. The zero-order valence-electron chi connectivity index (χ0n) is 23.4. The van der Waals surface area contributed by atoms with Crippen molar-refractivity contribution in [2.24, 2.45) is 0 Å². The molecule has 202 valence electrons. The van der Waals surface area contributed by atoms with Crippen molar-refractivity contribution in [2.45, 2.75) is 0 Å². The predicted octanol–water partition coefficient (Wildman–Crippen LogP) is 11.3. The van der Waals surface area contributed by atoms with Crippen LogP contribution in [0.2, 0.25) is 0 Å². The van der Waals surface area contributed by atoms with Crippen LogP contribution in [0.3, 0.4) is 0 Å². The van der Waals surface area contributed by atoms with Gasteiger partial charge < -0.3 is 4.42 Å². The number of benzene rings is 6. The molecular formula is C41H27NO. The molecule has 0 saturated carbocycles. The van der Waals surface area contributed by atoms with Crippen LogP contribution in [0.4, 0.5) is 0 Å². The van der Waals surface area contributed by atoms with Crippen LogP contribution < -0.4 is 0 Å². The number of aromatic nitrogens is 1. The molecule has 2 aromatic heterocycles. The molecule has 0 aliphatic heterocycles. The maximum atomic E-state index is 6.66. The molecule has 6 aromatic carbocycles. The lowest BCUT2D eigenvalue weighted by Crippen LogP contribution is -1.91. The molecule has 0 aliphatic rings. The zero-order chi connectivity index (χ0) is 28.6. The summed E-state index contributed by atoms with van der Waals surface area (Å²) < 4.78 is 6.66. The van der Waals surface area contributed by atoms with Gasteiger partial charge in [-0.05, 0) is 34.4 Å². The van der Waals surface area contributed by atoms with Gasteiger partial charge in [-0.15, -0.1) is 0 Å². The highest BCUT2D eigenvalue weighted by atomic mass is 16.3. The Kier molecular flexibility index (Phi) is 6.16. The largest absolute Gasteiger partial charge is 0.455 e. The van der Waals surface area contributed by atoms with Gasteiger partial charge >= 0.3 is 0 Å². The number of fused-ring (bicyclic) bond motifs is 3. The van der Waals surface area contributed by atoms with Gasteiger partial charge in [0.25, 0.3) is 0 Å². The number of furan rings is 1. The molecule has 0 saturated heterocycles. The van der Waals surface area contributed by atoms with Crippen LogP contribution in [0, 0.1) is 0 Å². The second-order valence-corrected chi connectivity index (χ2v) is 10.8. The standard InChI is InChI=1S/C41H27NO/c1-4-12-29(13-5-1)34-18-10-20-36-37-21-11-19-35(41(37)43-40(34)36)30-24-22-28(23-25-30)33-26-38(31-14-6-2-7-15-31)42-39(27-33)32-16-8-3-9-17-32/h1-27H. The number of pyridine rings is 1. The highest BCUT2D eigenvalue weighted by molar-refractivity contribution is 6.13. The summed E-state index contributed by atoms with van der Waals surface area (Å²) in [5.74, 6) is 0. The van der Waals surface area contributed by atoms with Crippen molar-refractivity contribution >= 4 is 21.9 Å². The fraction of sp³-hybridized carbons (Fsp3) is 0. The Morgan fingerprint density at radius 1 is 0.326 bits per heavy atom. The molecule has 0 aliphatic carbocycles. The average Bonchev–Trinajstić information content (AvgIpc) is 3.49. The first kappa shape index (κ1) is 25.0. The van der Waals surface area contributed by atoms with E-state index in [2.05, 4.69) is 146 Å². The molecule has 43 heavy (non-hydrogen) atoms. The lowest BCUT2D eigenvalue weighted by molar-refractivity contribution is 0.671. The summed E-state index contributed by atoms with van der Waals surface area (Å²) in [6, 6.07) is 57.2. The summed E-state index contributed by atoms with van der Waals surface area (Å²) in [4.78, 5) is 5.04. The van der Waals surface area contributed by atoms with Gasteiger partial charge in [0.1, 0.15) is 11.2 Å². The van der Waals surface area contributed by atoms with Crippen LogP contribution >= 0.6 is 0 Å². The van der Waals surface area contributed by atoms with E-state index < -0.39 is 0 Å². The van der Waals surface area contributed by atoms with E-state index in [1.54, 1.807) is 0 Å². The number of para-hydroxylation sites is 2. The Hall–Kier alpha value is -5.73. The van der Waals surface area contributed by atoms with Crippen LogP contribution in [0.5, 0.6) is 0 Å². The van der Waals surface area contributed by atoms with Crippen molar-refractivity contribution in [1.82, 2.24) is 4.98 Å². The highest BCUT2D eigenvalue weighted by Crippen LogP contribution is 2.40. The molecule has 0 spiro atoms. The van der Waals surface area contributed by atoms with Crippen LogP contribution in [0.1, 0.15) is 0 Å². The average molecular weight is 550 g/mol. The minimum atomic E-state index is 0.912. The number of hydrogen-bond donors (Lipinski definition) is 0. The fourth-order valence-corrected chi connectivity index (χ4v) is 5.95. The van der Waals surface area contributed by atoms with E-state index in [-0.39, 0.29) is 0 Å². The van der Waals surface area contributed by atoms with Gasteiger partial charge in [0.15, 0.2) is 0 Å². The minimum absolute atomic E-state index is 0.912. The van der Waals surface area contributed by atoms with Crippen molar-refractivity contribution in [2.75, 3.05) is 0 Å². The van der Waals surface area contributed by atoms with Gasteiger partial charge in [-0.1, -0.05) is 152 Å². The third-order valence-corrected chi connectivity index (χ3v) is 8.10. The summed E-state index contributed by atoms with van der Waals surface area (Å²) in [7, 11) is 0. The highest BCUT2D eigenvalue weighted by Gasteiger charge is 2.16. The quantitative estimate of drug-likeness (QED) is 0.213. The maximum Gasteiger partial charge on any atom is 0.143 e. The van der Waals surface area contributed by atoms with Gasteiger partial charge in [-0.2, -0.15) is 0 Å². The molecular weight excluding hydrogens is 522 g/mol. The molecule has 0 bridgehead atoms. The predicted molar refractivity (Wildman–Crippen MR) is 179 cm³/mol. The second kappa shape index (κ2) is 10.6. The van der Waals surface area contributed by atoms with Crippen molar-refractivity contribution in [3.05, 3.63) is 164 Å². The van der Waals surface area contributed by atoms with Gasteiger partial charge in [0, 0.05) is 33.0 Å². The summed E-state index contributed by atoms with van der Waals surface area (Å²) in [6.07, 6.45) is 0. The Morgan fingerprint density at radius 2 is 0.744 bits per heavy atom. The van der Waals surface area contributed by atoms with Crippen molar-refractivity contribution in [3.8, 4) is 55.9 Å². The molecule has 0 amide bonds. The van der Waals surface area contributed by atoms with E-state index in [1.807, 2.05) is 18.2 Å². The van der Waals surface area contributed by atoms with E-state index in [1.165, 1.54) is 0 Å². The van der Waals surface area contributed by atoms with Gasteiger partial charge in [0.05, 0.1) is 11.4 Å². The van der Waals surface area contributed by atoms with E-state index in [0.717, 1.165) is 77.8 Å². The third-order valence-electron chi connectivity index (χ3n) is 8.10. The lowest BCUT2D eigenvalue weighted by atomic mass is 9.96. The maximum absolute atomic E-state index is 6.66. The second-order valence-electron chi connectivity index (χ2n) is 10.8. The monoisotopic (exact) mass is 549 g/mol. The van der Waals surface area contributed by atoms with Gasteiger partial charge in [-0.3, -0.25) is 0 Å². The van der Waals surface area contributed by atoms with Gasteiger partial charge in [-0.25, -0.2) is 4.98 Å². The number of rotatable bonds is 5. The summed E-state index contributed by atoms with van der Waals surface area (Å²) >= 11 is 0. The summed E-state index contributed by atoms with van der Waals surface area (Å²) in [5, 5.41) is 2.26. The fourth-order valence-electron chi connectivity index (χ4n) is 5.95. The molecule has 0 unspecified atom stereocenters. The molecule has 0 atom stereocenters. The van der Waals surface area contributed by atoms with Gasteiger partial charge in [0.2, 0.25) is 0 Å². The van der Waals surface area contributed by atoms with E-state index in [4.69, 9.17) is 9.40 Å². The van der Waals surface area contributed by atoms with Crippen LogP contribution in [-0.4, -0.2) is 4.98 Å². The Labute approximate surface area is 250 Å².